The zero-order chi connectivity index (χ0) is 19.4. The van der Waals surface area contributed by atoms with E-state index in [2.05, 4.69) is 29.0 Å². The summed E-state index contributed by atoms with van der Waals surface area (Å²) in [6.07, 6.45) is 2.48. The van der Waals surface area contributed by atoms with Gasteiger partial charge in [-0.2, -0.15) is 4.98 Å². The molecule has 0 saturated carbocycles. The number of rotatable bonds is 7. The van der Waals surface area contributed by atoms with Gasteiger partial charge in [0.1, 0.15) is 0 Å². The Hall–Kier alpha value is -3.09. The summed E-state index contributed by atoms with van der Waals surface area (Å²) in [6.45, 7) is 4.23. The average molecular weight is 369 g/mol. The summed E-state index contributed by atoms with van der Waals surface area (Å²) in [5.74, 6) is 3.31. The molecule has 0 aliphatic heterocycles. The maximum Gasteiger partial charge on any atom is 0.259 e. The van der Waals surface area contributed by atoms with Crippen molar-refractivity contribution in [1.29, 1.82) is 0 Å². The van der Waals surface area contributed by atoms with E-state index >= 15 is 0 Å². The van der Waals surface area contributed by atoms with Crippen LogP contribution in [0.15, 0.2) is 35.0 Å². The fraction of sp³-hybridized carbons (Fsp3) is 0.350. The molecule has 1 aromatic carbocycles. The summed E-state index contributed by atoms with van der Waals surface area (Å²) in [7, 11) is 4.75. The third-order valence-corrected chi connectivity index (χ3v) is 4.05. The van der Waals surface area contributed by atoms with Crippen molar-refractivity contribution < 1.29 is 18.7 Å². The van der Waals surface area contributed by atoms with Gasteiger partial charge in [-0.1, -0.05) is 19.0 Å². The van der Waals surface area contributed by atoms with Crippen molar-refractivity contribution >= 4 is 0 Å². The number of pyridine rings is 1. The van der Waals surface area contributed by atoms with Gasteiger partial charge in [-0.25, -0.2) is 0 Å². The van der Waals surface area contributed by atoms with E-state index in [0.29, 0.717) is 34.9 Å². The number of aromatic nitrogens is 3. The predicted molar refractivity (Wildman–Crippen MR) is 101 cm³/mol. The summed E-state index contributed by atoms with van der Waals surface area (Å²) in [4.78, 5) is 8.96. The number of nitrogens with zero attached hydrogens (tertiary/aromatic N) is 3. The van der Waals surface area contributed by atoms with Crippen molar-refractivity contribution in [2.24, 2.45) is 5.92 Å². The molecular weight excluding hydrogens is 346 g/mol. The van der Waals surface area contributed by atoms with Crippen LogP contribution < -0.4 is 14.2 Å². The van der Waals surface area contributed by atoms with Gasteiger partial charge in [0.2, 0.25) is 5.75 Å². The summed E-state index contributed by atoms with van der Waals surface area (Å²) < 4.78 is 21.6. The van der Waals surface area contributed by atoms with E-state index in [4.69, 9.17) is 18.7 Å². The van der Waals surface area contributed by atoms with E-state index in [1.165, 1.54) is 0 Å². The molecule has 27 heavy (non-hydrogen) atoms. The van der Waals surface area contributed by atoms with Crippen LogP contribution in [0.1, 0.15) is 19.7 Å². The van der Waals surface area contributed by atoms with Gasteiger partial charge < -0.3 is 18.7 Å². The predicted octanol–water partition coefficient (Wildman–Crippen LogP) is 4.02. The van der Waals surface area contributed by atoms with Gasteiger partial charge >= 0.3 is 0 Å². The number of methoxy groups -OCH3 is 3. The second-order valence-electron chi connectivity index (χ2n) is 6.43. The van der Waals surface area contributed by atoms with Crippen LogP contribution in [0.3, 0.4) is 0 Å². The van der Waals surface area contributed by atoms with Crippen LogP contribution in [0.2, 0.25) is 0 Å². The third kappa shape index (κ3) is 3.86. The molecule has 3 rings (SSSR count). The Morgan fingerprint density at radius 1 is 0.963 bits per heavy atom. The lowest BCUT2D eigenvalue weighted by molar-refractivity contribution is 0.325. The molecule has 0 unspecified atom stereocenters. The first-order valence-corrected chi connectivity index (χ1v) is 8.65. The molecular formula is C20H23N3O4. The van der Waals surface area contributed by atoms with E-state index in [9.17, 15) is 0 Å². The van der Waals surface area contributed by atoms with Crippen LogP contribution in [0.5, 0.6) is 17.2 Å². The van der Waals surface area contributed by atoms with Crippen molar-refractivity contribution in [2.75, 3.05) is 21.3 Å². The first-order chi connectivity index (χ1) is 13.1. The molecule has 0 amide bonds. The molecule has 2 heterocycles. The molecule has 7 heteroatoms. The number of ether oxygens (including phenoxy) is 3. The molecule has 2 aromatic heterocycles. The Morgan fingerprint density at radius 2 is 1.74 bits per heavy atom. The molecule has 7 nitrogen and oxygen atoms in total. The summed E-state index contributed by atoms with van der Waals surface area (Å²) in [6, 6.07) is 7.48. The third-order valence-electron chi connectivity index (χ3n) is 4.05. The Kier molecular flexibility index (Phi) is 5.59. The number of hydrogen-bond donors (Lipinski definition) is 0. The van der Waals surface area contributed by atoms with Gasteiger partial charge in [-0.3, -0.25) is 4.98 Å². The highest BCUT2D eigenvalue weighted by Gasteiger charge is 2.18. The van der Waals surface area contributed by atoms with E-state index in [1.54, 1.807) is 27.5 Å². The molecule has 142 valence electrons. The van der Waals surface area contributed by atoms with Gasteiger partial charge in [-0.05, 0) is 30.2 Å². The summed E-state index contributed by atoms with van der Waals surface area (Å²) >= 11 is 0. The molecule has 3 aromatic rings. The zero-order valence-electron chi connectivity index (χ0n) is 16.1. The van der Waals surface area contributed by atoms with E-state index in [0.717, 1.165) is 23.2 Å². The van der Waals surface area contributed by atoms with Gasteiger partial charge in [-0.15, -0.1) is 0 Å². The van der Waals surface area contributed by atoms with Crippen LogP contribution >= 0.6 is 0 Å². The maximum atomic E-state index is 5.53. The minimum atomic E-state index is 0.462. The highest BCUT2D eigenvalue weighted by molar-refractivity contribution is 5.74. The zero-order valence-corrected chi connectivity index (χ0v) is 16.1. The van der Waals surface area contributed by atoms with Crippen LogP contribution in [-0.2, 0) is 6.42 Å². The minimum absolute atomic E-state index is 0.462. The monoisotopic (exact) mass is 369 g/mol. The van der Waals surface area contributed by atoms with Gasteiger partial charge in [0.05, 0.1) is 32.6 Å². The standard InChI is InChI=1S/C20H23N3O4/c1-12(2)10-17-22-20(27-23-17)13-6-8-15(21-11-13)14-7-9-16(24-3)19(26-5)18(14)25-4/h6-9,11-12H,10H2,1-5H3. The quantitative estimate of drug-likeness (QED) is 0.622. The van der Waals surface area contributed by atoms with Crippen molar-refractivity contribution in [3.8, 4) is 40.0 Å². The molecule has 0 bridgehead atoms. The molecule has 0 radical (unpaired) electrons. The van der Waals surface area contributed by atoms with Crippen LogP contribution in [0.4, 0.5) is 0 Å². The highest BCUT2D eigenvalue weighted by Crippen LogP contribution is 2.43. The number of hydrogen-bond acceptors (Lipinski definition) is 7. The lowest BCUT2D eigenvalue weighted by atomic mass is 10.1. The minimum Gasteiger partial charge on any atom is -0.493 e. The first kappa shape index (κ1) is 18.7. The average Bonchev–Trinajstić information content (AvgIpc) is 3.14. The van der Waals surface area contributed by atoms with Crippen molar-refractivity contribution in [3.63, 3.8) is 0 Å². The maximum absolute atomic E-state index is 5.53. The topological polar surface area (TPSA) is 79.5 Å². The first-order valence-electron chi connectivity index (χ1n) is 8.65. The lowest BCUT2D eigenvalue weighted by Crippen LogP contribution is -1.97. The van der Waals surface area contributed by atoms with Crippen LogP contribution in [0.25, 0.3) is 22.7 Å². The highest BCUT2D eigenvalue weighted by atomic mass is 16.5. The largest absolute Gasteiger partial charge is 0.493 e. The van der Waals surface area contributed by atoms with Gasteiger partial charge in [0, 0.05) is 18.2 Å². The fourth-order valence-electron chi connectivity index (χ4n) is 2.80. The normalized spacial score (nSPS) is 10.9. The SMILES string of the molecule is COc1ccc(-c2ccc(-c3nc(CC(C)C)no3)cn2)c(OC)c1OC. The molecule has 0 atom stereocenters. The molecule has 0 aliphatic carbocycles. The van der Waals surface area contributed by atoms with Gasteiger partial charge in [0.25, 0.3) is 5.89 Å². The second kappa shape index (κ2) is 8.07. The Morgan fingerprint density at radius 3 is 2.33 bits per heavy atom. The van der Waals surface area contributed by atoms with E-state index in [1.807, 2.05) is 24.3 Å². The molecule has 0 saturated heterocycles. The smallest absolute Gasteiger partial charge is 0.259 e. The van der Waals surface area contributed by atoms with Crippen molar-refractivity contribution in [3.05, 3.63) is 36.3 Å². The Labute approximate surface area is 158 Å². The molecule has 0 fully saturated rings. The fourth-order valence-corrected chi connectivity index (χ4v) is 2.80. The Balaban J connectivity index is 1.93. The molecule has 0 aliphatic rings. The molecule has 0 N–H and O–H groups in total. The number of benzene rings is 1. The molecule has 0 spiro atoms. The van der Waals surface area contributed by atoms with E-state index in [-0.39, 0.29) is 0 Å². The Bertz CT molecular complexity index is 904. The van der Waals surface area contributed by atoms with Crippen LogP contribution in [-0.4, -0.2) is 36.5 Å². The van der Waals surface area contributed by atoms with Crippen molar-refractivity contribution in [1.82, 2.24) is 15.1 Å². The summed E-state index contributed by atoms with van der Waals surface area (Å²) in [5.41, 5.74) is 2.30. The van der Waals surface area contributed by atoms with Gasteiger partial charge in [0.15, 0.2) is 17.3 Å². The van der Waals surface area contributed by atoms with Crippen molar-refractivity contribution in [2.45, 2.75) is 20.3 Å². The van der Waals surface area contributed by atoms with Crippen LogP contribution in [0, 0.1) is 5.92 Å². The summed E-state index contributed by atoms with van der Waals surface area (Å²) in [5, 5.41) is 4.02. The second-order valence-corrected chi connectivity index (χ2v) is 6.43. The van der Waals surface area contributed by atoms with E-state index < -0.39 is 0 Å². The lowest BCUT2D eigenvalue weighted by Gasteiger charge is -2.15.